The van der Waals surface area contributed by atoms with Gasteiger partial charge in [-0.2, -0.15) is 4.99 Å². The van der Waals surface area contributed by atoms with E-state index in [1.165, 1.54) is 44.2 Å². The number of rotatable bonds is 17. The zero-order valence-electron chi connectivity index (χ0n) is 32.9. The second-order valence-corrected chi connectivity index (χ2v) is 14.2. The van der Waals surface area contributed by atoms with Gasteiger partial charge in [-0.25, -0.2) is 19.4 Å². The zero-order valence-corrected chi connectivity index (χ0v) is 32.9. The predicted molar refractivity (Wildman–Crippen MR) is 212 cm³/mol. The summed E-state index contributed by atoms with van der Waals surface area (Å²) in [5.74, 6) is -3.59. The van der Waals surface area contributed by atoms with Crippen LogP contribution in [0.5, 0.6) is 0 Å². The average Bonchev–Trinajstić information content (AvgIpc) is 3.98. The van der Waals surface area contributed by atoms with Crippen LogP contribution in [-0.4, -0.2) is 64.5 Å². The fourth-order valence-corrected chi connectivity index (χ4v) is 5.70. The molecule has 2 aromatic carbocycles. The van der Waals surface area contributed by atoms with Crippen molar-refractivity contribution in [3.8, 4) is 11.1 Å². The number of ketones is 1. The Bertz CT molecular complexity index is 2340. The number of Topliss-reactive ketones (excluding diaryl/α,β-unsaturated/α-hetero) is 1. The molecule has 1 saturated carbocycles. The number of carbonyl (C=O) groups excluding carboxylic acids is 5. The van der Waals surface area contributed by atoms with Crippen LogP contribution in [0.1, 0.15) is 98.7 Å². The Labute approximate surface area is 338 Å². The lowest BCUT2D eigenvalue weighted by atomic mass is 9.89. The molecule has 5 rings (SSSR count). The number of aliphatic hydroxyl groups excluding tert-OH is 1. The van der Waals surface area contributed by atoms with Gasteiger partial charge in [0, 0.05) is 36.6 Å². The molecule has 17 nitrogen and oxygen atoms in total. The lowest BCUT2D eigenvalue weighted by Gasteiger charge is -2.18. The Morgan fingerprint density at radius 2 is 1.75 bits per heavy atom. The first kappa shape index (κ1) is 43.4. The molecule has 1 aliphatic rings. The molecule has 2 amide bonds. The summed E-state index contributed by atoms with van der Waals surface area (Å²) < 4.78 is 25.3. The number of benzene rings is 2. The van der Waals surface area contributed by atoms with Crippen LogP contribution in [0.4, 0.5) is 4.79 Å². The normalized spacial score (nSPS) is 13.6. The van der Waals surface area contributed by atoms with Gasteiger partial charge in [0.15, 0.2) is 29.6 Å². The molecule has 0 bridgehead atoms. The largest absolute Gasteiger partial charge is 0.519 e. The second-order valence-electron chi connectivity index (χ2n) is 14.2. The molecule has 17 heteroatoms. The molecule has 2 heterocycles. The highest BCUT2D eigenvalue weighted by Crippen LogP contribution is 2.33. The van der Waals surface area contributed by atoms with E-state index in [1.807, 2.05) is 0 Å². The van der Waals surface area contributed by atoms with Gasteiger partial charge >= 0.3 is 23.9 Å². The molecule has 0 spiro atoms. The van der Waals surface area contributed by atoms with E-state index in [4.69, 9.17) is 34.5 Å². The van der Waals surface area contributed by atoms with Crippen molar-refractivity contribution in [2.45, 2.75) is 72.5 Å². The van der Waals surface area contributed by atoms with Crippen LogP contribution < -0.4 is 22.6 Å². The van der Waals surface area contributed by atoms with Gasteiger partial charge < -0.3 is 44.9 Å². The highest BCUT2D eigenvalue weighted by Gasteiger charge is 2.27. The number of esters is 2. The van der Waals surface area contributed by atoms with E-state index in [9.17, 15) is 33.9 Å². The van der Waals surface area contributed by atoms with Gasteiger partial charge in [-0.15, -0.1) is 0 Å². The van der Waals surface area contributed by atoms with Crippen LogP contribution in [0, 0.1) is 18.8 Å². The summed E-state index contributed by atoms with van der Waals surface area (Å²) in [4.78, 5) is 85.1. The summed E-state index contributed by atoms with van der Waals surface area (Å²) >= 11 is 0. The Balaban J connectivity index is 1.41. The van der Waals surface area contributed by atoms with Crippen LogP contribution in [0.15, 0.2) is 73.7 Å². The van der Waals surface area contributed by atoms with E-state index in [0.717, 1.165) is 12.8 Å². The van der Waals surface area contributed by atoms with Crippen molar-refractivity contribution in [1.82, 2.24) is 10.3 Å². The first-order chi connectivity index (χ1) is 28.1. The van der Waals surface area contributed by atoms with Crippen molar-refractivity contribution in [3.63, 3.8) is 0 Å². The number of hydrogen-bond acceptors (Lipinski definition) is 14. The third-order valence-electron chi connectivity index (χ3n) is 9.37. The molecule has 6 N–H and O–H groups in total. The Morgan fingerprint density at radius 1 is 1.03 bits per heavy atom. The minimum Gasteiger partial charge on any atom is -0.453 e. The number of aliphatic hydroxyl groups is 1. The van der Waals surface area contributed by atoms with Gasteiger partial charge in [0.25, 0.3) is 5.91 Å². The van der Waals surface area contributed by atoms with Gasteiger partial charge in [-0.1, -0.05) is 50.8 Å². The fourth-order valence-electron chi connectivity index (χ4n) is 5.70. The number of pyridine rings is 1. The summed E-state index contributed by atoms with van der Waals surface area (Å²) in [6.07, 6.45) is 0.932. The number of hydrogen-bond donors (Lipinski definition) is 4. The maximum absolute atomic E-state index is 14.2. The topological polar surface area (TPSA) is 266 Å². The number of amides is 2. The van der Waals surface area contributed by atoms with E-state index < -0.39 is 61.1 Å². The molecule has 2 atom stereocenters. The highest BCUT2D eigenvalue weighted by atomic mass is 16.7. The maximum Gasteiger partial charge on any atom is 0.519 e. The van der Waals surface area contributed by atoms with Crippen molar-refractivity contribution >= 4 is 41.6 Å². The van der Waals surface area contributed by atoms with E-state index in [0.29, 0.717) is 34.7 Å². The quantitative estimate of drug-likeness (QED) is 0.0379. The second kappa shape index (κ2) is 19.1. The maximum atomic E-state index is 14.2. The van der Waals surface area contributed by atoms with Gasteiger partial charge in [0.2, 0.25) is 6.29 Å². The summed E-state index contributed by atoms with van der Waals surface area (Å²) in [5, 5.41) is 13.1. The first-order valence-electron chi connectivity index (χ1n) is 18.7. The SMILES string of the molecule is C=Cc1cc(C(=O)Cc2ccc(C(N)=NC(=O)OC(C)OC(=O)[C@@H](N)C(C)C)cc2)c(-c2ccc(C(=O)NCC3CC3)nc2C(=O)OCc2oc(=O)oc2C)cc1CO. The summed E-state index contributed by atoms with van der Waals surface area (Å²) in [7, 11) is 0. The van der Waals surface area contributed by atoms with Gasteiger partial charge in [0.1, 0.15) is 17.6 Å². The molecule has 1 unspecified atom stereocenters. The van der Waals surface area contributed by atoms with Crippen LogP contribution in [0.3, 0.4) is 0 Å². The van der Waals surface area contributed by atoms with Crippen molar-refractivity contribution < 1.29 is 52.1 Å². The molecule has 1 fully saturated rings. The summed E-state index contributed by atoms with van der Waals surface area (Å²) in [6.45, 7) is 9.60. The molecule has 2 aromatic heterocycles. The minimum atomic E-state index is -1.27. The van der Waals surface area contributed by atoms with E-state index in [2.05, 4.69) is 21.9 Å². The van der Waals surface area contributed by atoms with E-state index in [1.54, 1.807) is 38.1 Å². The molecule has 0 aliphatic heterocycles. The number of aliphatic imine (C=N–C) groups is 1. The van der Waals surface area contributed by atoms with Crippen molar-refractivity contribution in [2.75, 3.05) is 6.54 Å². The Kier molecular flexibility index (Phi) is 14.1. The summed E-state index contributed by atoms with van der Waals surface area (Å²) in [5.41, 5.74) is 13.6. The third-order valence-corrected chi connectivity index (χ3v) is 9.37. The van der Waals surface area contributed by atoms with Crippen molar-refractivity contribution in [1.29, 1.82) is 0 Å². The average molecular weight is 812 g/mol. The number of nitrogens with one attached hydrogen (secondary N) is 1. The van der Waals surface area contributed by atoms with Crippen LogP contribution in [0.25, 0.3) is 17.2 Å². The number of nitrogens with zero attached hydrogens (tertiary/aromatic N) is 2. The number of ether oxygens (including phenoxy) is 3. The highest BCUT2D eigenvalue weighted by molar-refractivity contribution is 6.07. The smallest absolute Gasteiger partial charge is 0.453 e. The van der Waals surface area contributed by atoms with Crippen LogP contribution >= 0.6 is 0 Å². The molecule has 0 radical (unpaired) electrons. The fraction of sp³-hybridized carbons (Fsp3) is 0.333. The molecular formula is C42H45N5O12. The first-order valence-corrected chi connectivity index (χ1v) is 18.7. The number of aryl methyl sites for hydroxylation is 1. The van der Waals surface area contributed by atoms with E-state index in [-0.39, 0.29) is 57.8 Å². The van der Waals surface area contributed by atoms with Gasteiger partial charge in [-0.05, 0) is 78.1 Å². The lowest BCUT2D eigenvalue weighted by molar-refractivity contribution is -0.167. The molecule has 310 valence electrons. The van der Waals surface area contributed by atoms with Crippen LogP contribution in [-0.2, 0) is 38.6 Å². The predicted octanol–water partition coefficient (Wildman–Crippen LogP) is 4.38. The number of aromatic nitrogens is 1. The zero-order chi connectivity index (χ0) is 43.0. The molecule has 1 aliphatic carbocycles. The minimum absolute atomic E-state index is 0.0315. The Hall–Kier alpha value is -6.72. The molecule has 59 heavy (non-hydrogen) atoms. The standard InChI is InChI=1S/C42H45N5O12/c1-6-26-16-31(33(49)15-24-9-11-27(12-10-24)37(44)47-41(53)58-23(5)57-39(51)35(43)21(2)3)30(17-28(26)19-48)29-13-14-32(38(50)45-18-25-7-8-25)46-36(29)40(52)55-20-34-22(4)56-42(54)59-34/h6,9-14,16-17,21,23,25,35,48H,1,7-8,15,18-20,43H2,2-5H3,(H,45,50)(H2,44,47,53)/t23?,35-/m0/s1. The Morgan fingerprint density at radius 3 is 2.36 bits per heavy atom. The lowest BCUT2D eigenvalue weighted by Crippen LogP contribution is -2.39. The van der Waals surface area contributed by atoms with Gasteiger partial charge in [-0.3, -0.25) is 14.4 Å². The van der Waals surface area contributed by atoms with Crippen molar-refractivity contribution in [3.05, 3.63) is 116 Å². The molecule has 0 saturated heterocycles. The third kappa shape index (κ3) is 11.2. The monoisotopic (exact) mass is 811 g/mol. The van der Waals surface area contributed by atoms with Gasteiger partial charge in [0.05, 0.1) is 6.61 Å². The number of carbonyl (C=O) groups is 5. The molecule has 4 aromatic rings. The molecular weight excluding hydrogens is 766 g/mol. The van der Waals surface area contributed by atoms with E-state index >= 15 is 0 Å². The van der Waals surface area contributed by atoms with Crippen molar-refractivity contribution in [2.24, 2.45) is 28.3 Å². The number of nitrogens with two attached hydrogens (primary N) is 2. The van der Waals surface area contributed by atoms with Crippen LogP contribution in [0.2, 0.25) is 0 Å². The summed E-state index contributed by atoms with van der Waals surface area (Å²) in [6, 6.07) is 11.3. The number of amidine groups is 1.